The number of hydrogen-bond donors (Lipinski definition) is 2. The minimum absolute atomic E-state index is 0.0225. The first-order chi connectivity index (χ1) is 15.3. The van der Waals surface area contributed by atoms with E-state index in [0.29, 0.717) is 19.4 Å². The molecule has 2 aliphatic heterocycles. The Morgan fingerprint density at radius 2 is 1.97 bits per heavy atom. The molecule has 8 heteroatoms. The molecule has 32 heavy (non-hydrogen) atoms. The van der Waals surface area contributed by atoms with Crippen molar-refractivity contribution in [3.05, 3.63) is 35.9 Å². The Kier molecular flexibility index (Phi) is 7.62. The topological polar surface area (TPSA) is 119 Å². The van der Waals surface area contributed by atoms with Gasteiger partial charge in [0.05, 0.1) is 12.0 Å². The molecule has 1 aromatic carbocycles. The molecule has 2 fully saturated rings. The van der Waals surface area contributed by atoms with Crippen LogP contribution in [0.25, 0.3) is 0 Å². The van der Waals surface area contributed by atoms with E-state index < -0.39 is 23.9 Å². The number of carbonyl (C=O) groups is 4. The fourth-order valence-corrected chi connectivity index (χ4v) is 4.46. The van der Waals surface area contributed by atoms with E-state index in [1.807, 2.05) is 32.0 Å². The quantitative estimate of drug-likeness (QED) is 0.601. The van der Waals surface area contributed by atoms with Gasteiger partial charge in [-0.25, -0.2) is 0 Å². The van der Waals surface area contributed by atoms with E-state index in [1.165, 1.54) is 0 Å². The molecule has 0 spiro atoms. The molecule has 0 aromatic heterocycles. The number of benzene rings is 1. The van der Waals surface area contributed by atoms with Crippen LogP contribution in [0.2, 0.25) is 0 Å². The number of nitrogens with one attached hydrogen (secondary N) is 2. The lowest BCUT2D eigenvalue weighted by Gasteiger charge is -2.29. The summed E-state index contributed by atoms with van der Waals surface area (Å²) in [5.74, 6) is -2.31. The first-order valence-electron chi connectivity index (χ1n) is 11.2. The minimum Gasteiger partial charge on any atom is -0.356 e. The van der Waals surface area contributed by atoms with Crippen LogP contribution in [-0.4, -0.2) is 47.2 Å². The summed E-state index contributed by atoms with van der Waals surface area (Å²) in [7, 11) is 0. The Labute approximate surface area is 188 Å². The van der Waals surface area contributed by atoms with Crippen LogP contribution in [-0.2, 0) is 19.2 Å². The standard InChI is InChI=1S/C24H30N4O4/c1-15(2)11-20(23(31)27-18(14-25)12-17-9-6-10-26-22(17)30)28-21(29)13-19(24(28)32)16-7-4-3-5-8-16/h3-5,7-8,15,17-20H,6,9-13H2,1-2H3,(H,26,30)(H,27,31)/t17-,18-,19-,20?/m0/s1. The highest BCUT2D eigenvalue weighted by molar-refractivity contribution is 6.09. The Bertz CT molecular complexity index is 908. The molecule has 2 aliphatic rings. The number of carbonyl (C=O) groups excluding carboxylic acids is 4. The van der Waals surface area contributed by atoms with Crippen molar-refractivity contribution in [3.8, 4) is 6.07 Å². The number of rotatable bonds is 8. The smallest absolute Gasteiger partial charge is 0.244 e. The van der Waals surface area contributed by atoms with E-state index in [4.69, 9.17) is 0 Å². The monoisotopic (exact) mass is 438 g/mol. The van der Waals surface area contributed by atoms with Crippen molar-refractivity contribution in [3.63, 3.8) is 0 Å². The van der Waals surface area contributed by atoms with Gasteiger partial charge in [0.15, 0.2) is 0 Å². The summed E-state index contributed by atoms with van der Waals surface area (Å²) in [6.07, 6.45) is 2.02. The van der Waals surface area contributed by atoms with Gasteiger partial charge in [-0.1, -0.05) is 44.2 Å². The second-order valence-corrected chi connectivity index (χ2v) is 8.97. The molecule has 0 bridgehead atoms. The Balaban J connectivity index is 1.75. The highest BCUT2D eigenvalue weighted by Gasteiger charge is 2.45. The molecule has 170 valence electrons. The summed E-state index contributed by atoms with van der Waals surface area (Å²) in [4.78, 5) is 52.3. The number of nitriles is 1. The molecule has 2 saturated heterocycles. The summed E-state index contributed by atoms with van der Waals surface area (Å²) in [5, 5.41) is 15.0. The van der Waals surface area contributed by atoms with E-state index in [-0.39, 0.29) is 42.4 Å². The van der Waals surface area contributed by atoms with Gasteiger partial charge in [0, 0.05) is 18.9 Å². The van der Waals surface area contributed by atoms with Gasteiger partial charge in [-0.15, -0.1) is 0 Å². The second-order valence-electron chi connectivity index (χ2n) is 8.97. The number of likely N-dealkylation sites (tertiary alicyclic amines) is 1. The predicted molar refractivity (Wildman–Crippen MR) is 117 cm³/mol. The van der Waals surface area contributed by atoms with E-state index in [9.17, 15) is 24.4 Å². The maximum absolute atomic E-state index is 13.2. The molecule has 2 N–H and O–H groups in total. The van der Waals surface area contributed by atoms with Gasteiger partial charge >= 0.3 is 0 Å². The van der Waals surface area contributed by atoms with E-state index in [0.717, 1.165) is 16.9 Å². The first kappa shape index (κ1) is 23.5. The van der Waals surface area contributed by atoms with Crippen LogP contribution in [0.1, 0.15) is 57.4 Å². The van der Waals surface area contributed by atoms with Crippen LogP contribution in [0.4, 0.5) is 0 Å². The highest BCUT2D eigenvalue weighted by Crippen LogP contribution is 2.32. The lowest BCUT2D eigenvalue weighted by atomic mass is 9.91. The molecule has 0 saturated carbocycles. The maximum Gasteiger partial charge on any atom is 0.244 e. The molecular formula is C24H30N4O4. The molecule has 2 heterocycles. The molecule has 8 nitrogen and oxygen atoms in total. The fraction of sp³-hybridized carbons (Fsp3) is 0.542. The Morgan fingerprint density at radius 1 is 1.25 bits per heavy atom. The van der Waals surface area contributed by atoms with Crippen molar-refractivity contribution in [2.24, 2.45) is 11.8 Å². The van der Waals surface area contributed by atoms with Gasteiger partial charge in [-0.3, -0.25) is 24.1 Å². The highest BCUT2D eigenvalue weighted by atomic mass is 16.2. The van der Waals surface area contributed by atoms with Gasteiger partial charge in [0.25, 0.3) is 0 Å². The van der Waals surface area contributed by atoms with Gasteiger partial charge < -0.3 is 10.6 Å². The van der Waals surface area contributed by atoms with Crippen molar-refractivity contribution < 1.29 is 19.2 Å². The normalized spacial score (nSPS) is 22.9. The lowest BCUT2D eigenvalue weighted by Crippen LogP contribution is -2.53. The second kappa shape index (κ2) is 10.4. The molecule has 1 aromatic rings. The van der Waals surface area contributed by atoms with Gasteiger partial charge in [-0.2, -0.15) is 5.26 Å². The van der Waals surface area contributed by atoms with E-state index in [2.05, 4.69) is 16.7 Å². The zero-order valence-electron chi connectivity index (χ0n) is 18.5. The lowest BCUT2D eigenvalue weighted by molar-refractivity contribution is -0.147. The maximum atomic E-state index is 13.2. The molecule has 0 radical (unpaired) electrons. The number of piperidine rings is 1. The van der Waals surface area contributed by atoms with Crippen LogP contribution < -0.4 is 10.6 Å². The molecule has 4 atom stereocenters. The zero-order chi connectivity index (χ0) is 23.3. The van der Waals surface area contributed by atoms with Crippen molar-refractivity contribution in [2.45, 2.75) is 64.0 Å². The average molecular weight is 439 g/mol. The summed E-state index contributed by atoms with van der Waals surface area (Å²) < 4.78 is 0. The van der Waals surface area contributed by atoms with Gasteiger partial charge in [-0.05, 0) is 37.2 Å². The van der Waals surface area contributed by atoms with Gasteiger partial charge in [0.2, 0.25) is 23.6 Å². The minimum atomic E-state index is -0.986. The van der Waals surface area contributed by atoms with E-state index in [1.54, 1.807) is 12.1 Å². The van der Waals surface area contributed by atoms with Crippen molar-refractivity contribution in [1.29, 1.82) is 5.26 Å². The summed E-state index contributed by atoms with van der Waals surface area (Å²) in [6.45, 7) is 4.44. The number of hydrogen-bond acceptors (Lipinski definition) is 5. The number of amides is 4. The number of nitrogens with zero attached hydrogens (tertiary/aromatic N) is 2. The largest absolute Gasteiger partial charge is 0.356 e. The average Bonchev–Trinajstić information content (AvgIpc) is 3.07. The van der Waals surface area contributed by atoms with Crippen molar-refractivity contribution >= 4 is 23.6 Å². The third-order valence-corrected chi connectivity index (χ3v) is 6.09. The van der Waals surface area contributed by atoms with Crippen molar-refractivity contribution in [1.82, 2.24) is 15.5 Å². The molecular weight excluding hydrogens is 408 g/mol. The molecule has 1 unspecified atom stereocenters. The summed E-state index contributed by atoms with van der Waals surface area (Å²) >= 11 is 0. The Hall–Kier alpha value is -3.21. The third kappa shape index (κ3) is 5.34. The molecule has 4 amide bonds. The van der Waals surface area contributed by atoms with Crippen LogP contribution in [0.15, 0.2) is 30.3 Å². The fourth-order valence-electron chi connectivity index (χ4n) is 4.46. The predicted octanol–water partition coefficient (Wildman–Crippen LogP) is 1.87. The third-order valence-electron chi connectivity index (χ3n) is 6.09. The first-order valence-corrected chi connectivity index (χ1v) is 11.2. The summed E-state index contributed by atoms with van der Waals surface area (Å²) in [5.41, 5.74) is 0.746. The van der Waals surface area contributed by atoms with Crippen LogP contribution in [0.5, 0.6) is 0 Å². The van der Waals surface area contributed by atoms with Crippen LogP contribution in [0.3, 0.4) is 0 Å². The van der Waals surface area contributed by atoms with Crippen LogP contribution >= 0.6 is 0 Å². The SMILES string of the molecule is CC(C)CC(C(=O)N[C@H](C#N)C[C@@H]1CCCNC1=O)N1C(=O)C[C@@H](c2ccccc2)C1=O. The zero-order valence-corrected chi connectivity index (χ0v) is 18.5. The van der Waals surface area contributed by atoms with Crippen molar-refractivity contribution in [2.75, 3.05) is 6.54 Å². The van der Waals surface area contributed by atoms with Crippen LogP contribution in [0, 0.1) is 23.2 Å². The van der Waals surface area contributed by atoms with Gasteiger partial charge in [0.1, 0.15) is 12.1 Å². The molecule has 3 rings (SSSR count). The number of imide groups is 1. The summed E-state index contributed by atoms with van der Waals surface area (Å²) in [6, 6.07) is 9.27. The Morgan fingerprint density at radius 3 is 2.59 bits per heavy atom. The van der Waals surface area contributed by atoms with E-state index >= 15 is 0 Å². The molecule has 0 aliphatic carbocycles.